The first-order chi connectivity index (χ1) is 9.15. The van der Waals surface area contributed by atoms with Gasteiger partial charge in [-0.1, -0.05) is 18.2 Å². The minimum Gasteiger partial charge on any atom is -0.481 e. The number of pyridine rings is 1. The first-order valence-corrected chi connectivity index (χ1v) is 5.81. The number of carboxylic acid groups (broad SMARTS) is 1. The minimum atomic E-state index is -1.07. The number of hydrogen-bond donors (Lipinski definition) is 1. The SMILES string of the molecule is CCc1c(C(=O)O)nnn1Cc1cccc(OC)n1. The standard InChI is InChI=1S/C12H14N4O3/c1-3-9-11(12(17)18)14-15-16(9)7-8-5-4-6-10(13-8)19-2/h4-6H,3,7H2,1-2H3,(H,17,18). The second-order valence-electron chi connectivity index (χ2n) is 3.87. The van der Waals surface area contributed by atoms with Gasteiger partial charge in [0.15, 0.2) is 5.69 Å². The number of ether oxygens (including phenoxy) is 1. The molecule has 0 saturated heterocycles. The van der Waals surface area contributed by atoms with Gasteiger partial charge in [-0.3, -0.25) is 0 Å². The first kappa shape index (κ1) is 13.0. The van der Waals surface area contributed by atoms with Crippen LogP contribution in [-0.4, -0.2) is 38.2 Å². The van der Waals surface area contributed by atoms with E-state index in [0.717, 1.165) is 5.69 Å². The zero-order valence-electron chi connectivity index (χ0n) is 10.7. The van der Waals surface area contributed by atoms with Crippen molar-refractivity contribution in [3.63, 3.8) is 0 Å². The number of rotatable bonds is 5. The van der Waals surface area contributed by atoms with Crippen LogP contribution in [0, 0.1) is 0 Å². The quantitative estimate of drug-likeness (QED) is 0.864. The molecule has 0 amide bonds. The van der Waals surface area contributed by atoms with E-state index in [1.807, 2.05) is 19.1 Å². The molecule has 0 unspecified atom stereocenters. The second-order valence-corrected chi connectivity index (χ2v) is 3.87. The van der Waals surface area contributed by atoms with Crippen molar-refractivity contribution in [3.8, 4) is 5.88 Å². The van der Waals surface area contributed by atoms with Gasteiger partial charge in [0, 0.05) is 6.07 Å². The fourth-order valence-corrected chi connectivity index (χ4v) is 1.79. The van der Waals surface area contributed by atoms with Gasteiger partial charge in [-0.2, -0.15) is 0 Å². The summed E-state index contributed by atoms with van der Waals surface area (Å²) in [6.45, 7) is 2.22. The average molecular weight is 262 g/mol. The molecular formula is C12H14N4O3. The van der Waals surface area contributed by atoms with Crippen LogP contribution in [0.3, 0.4) is 0 Å². The van der Waals surface area contributed by atoms with Gasteiger partial charge in [0.1, 0.15) is 0 Å². The van der Waals surface area contributed by atoms with Crippen molar-refractivity contribution < 1.29 is 14.6 Å². The highest BCUT2D eigenvalue weighted by atomic mass is 16.5. The molecule has 0 aliphatic heterocycles. The van der Waals surface area contributed by atoms with E-state index in [2.05, 4.69) is 15.3 Å². The molecule has 7 heteroatoms. The predicted octanol–water partition coefficient (Wildman–Crippen LogP) is 0.991. The highest BCUT2D eigenvalue weighted by Gasteiger charge is 2.17. The number of aromatic nitrogens is 4. The predicted molar refractivity (Wildman–Crippen MR) is 66.3 cm³/mol. The van der Waals surface area contributed by atoms with Gasteiger partial charge in [-0.15, -0.1) is 5.10 Å². The van der Waals surface area contributed by atoms with Crippen molar-refractivity contribution in [1.82, 2.24) is 20.0 Å². The Kier molecular flexibility index (Phi) is 3.74. The molecule has 2 heterocycles. The molecule has 0 aliphatic rings. The van der Waals surface area contributed by atoms with Crippen molar-refractivity contribution in [1.29, 1.82) is 0 Å². The molecule has 19 heavy (non-hydrogen) atoms. The number of hydrogen-bond acceptors (Lipinski definition) is 5. The number of nitrogens with zero attached hydrogens (tertiary/aromatic N) is 4. The van der Waals surface area contributed by atoms with E-state index in [0.29, 0.717) is 24.5 Å². The lowest BCUT2D eigenvalue weighted by Gasteiger charge is -2.06. The van der Waals surface area contributed by atoms with Gasteiger partial charge in [-0.05, 0) is 12.5 Å². The smallest absolute Gasteiger partial charge is 0.358 e. The summed E-state index contributed by atoms with van der Waals surface area (Å²) in [5, 5.41) is 16.6. The molecule has 2 aromatic rings. The van der Waals surface area contributed by atoms with Crippen LogP contribution in [0.15, 0.2) is 18.2 Å². The molecule has 0 saturated carbocycles. The maximum Gasteiger partial charge on any atom is 0.358 e. The van der Waals surface area contributed by atoms with E-state index < -0.39 is 5.97 Å². The van der Waals surface area contributed by atoms with Crippen LogP contribution in [0.2, 0.25) is 0 Å². The van der Waals surface area contributed by atoms with Gasteiger partial charge < -0.3 is 9.84 Å². The third-order valence-corrected chi connectivity index (χ3v) is 2.68. The molecule has 0 aromatic carbocycles. The van der Waals surface area contributed by atoms with Crippen molar-refractivity contribution >= 4 is 5.97 Å². The third-order valence-electron chi connectivity index (χ3n) is 2.68. The summed E-state index contributed by atoms with van der Waals surface area (Å²) in [5.41, 5.74) is 1.30. The zero-order chi connectivity index (χ0) is 13.8. The van der Waals surface area contributed by atoms with Gasteiger partial charge >= 0.3 is 5.97 Å². The Labute approximate surface area is 109 Å². The molecule has 2 aromatic heterocycles. The van der Waals surface area contributed by atoms with E-state index in [-0.39, 0.29) is 5.69 Å². The number of aromatic carboxylic acids is 1. The monoisotopic (exact) mass is 262 g/mol. The molecule has 0 fully saturated rings. The lowest BCUT2D eigenvalue weighted by atomic mass is 10.2. The Morgan fingerprint density at radius 1 is 1.47 bits per heavy atom. The van der Waals surface area contributed by atoms with Crippen molar-refractivity contribution in [2.45, 2.75) is 19.9 Å². The van der Waals surface area contributed by atoms with Crippen molar-refractivity contribution in [3.05, 3.63) is 35.3 Å². The van der Waals surface area contributed by atoms with Gasteiger partial charge in [0.2, 0.25) is 5.88 Å². The van der Waals surface area contributed by atoms with E-state index in [1.54, 1.807) is 17.9 Å². The van der Waals surface area contributed by atoms with Crippen LogP contribution >= 0.6 is 0 Å². The van der Waals surface area contributed by atoms with Crippen LogP contribution in [-0.2, 0) is 13.0 Å². The second kappa shape index (κ2) is 5.47. The fourth-order valence-electron chi connectivity index (χ4n) is 1.79. The molecule has 0 aliphatic carbocycles. The Morgan fingerprint density at radius 2 is 2.26 bits per heavy atom. The zero-order valence-corrected chi connectivity index (χ0v) is 10.7. The summed E-state index contributed by atoms with van der Waals surface area (Å²) in [6.07, 6.45) is 0.540. The summed E-state index contributed by atoms with van der Waals surface area (Å²) in [6, 6.07) is 5.39. The van der Waals surface area contributed by atoms with Gasteiger partial charge in [0.25, 0.3) is 0 Å². The molecule has 0 atom stereocenters. The normalized spacial score (nSPS) is 10.4. The molecule has 0 radical (unpaired) electrons. The molecule has 0 bridgehead atoms. The maximum atomic E-state index is 11.0. The summed E-state index contributed by atoms with van der Waals surface area (Å²) in [4.78, 5) is 15.3. The molecule has 100 valence electrons. The summed E-state index contributed by atoms with van der Waals surface area (Å²) in [5.74, 6) is -0.559. The Balaban J connectivity index is 2.30. The molecule has 0 spiro atoms. The minimum absolute atomic E-state index is 0.00889. The Bertz CT molecular complexity index is 594. The topological polar surface area (TPSA) is 90.1 Å². The van der Waals surface area contributed by atoms with Crippen LogP contribution < -0.4 is 4.74 Å². The molecule has 2 rings (SSSR count). The van der Waals surface area contributed by atoms with Crippen LogP contribution in [0.25, 0.3) is 0 Å². The largest absolute Gasteiger partial charge is 0.481 e. The van der Waals surface area contributed by atoms with E-state index >= 15 is 0 Å². The molecule has 7 nitrogen and oxygen atoms in total. The number of carboxylic acids is 1. The van der Waals surface area contributed by atoms with Crippen molar-refractivity contribution in [2.24, 2.45) is 0 Å². The summed E-state index contributed by atoms with van der Waals surface area (Å²) in [7, 11) is 1.54. The first-order valence-electron chi connectivity index (χ1n) is 5.81. The van der Waals surface area contributed by atoms with E-state index in [9.17, 15) is 4.79 Å². The Morgan fingerprint density at radius 3 is 2.89 bits per heavy atom. The summed E-state index contributed by atoms with van der Waals surface area (Å²) >= 11 is 0. The lowest BCUT2D eigenvalue weighted by Crippen LogP contribution is -2.09. The Hall–Kier alpha value is -2.44. The lowest BCUT2D eigenvalue weighted by molar-refractivity contribution is 0.0689. The van der Waals surface area contributed by atoms with E-state index in [4.69, 9.17) is 9.84 Å². The van der Waals surface area contributed by atoms with E-state index in [1.165, 1.54) is 0 Å². The number of methoxy groups -OCH3 is 1. The van der Waals surface area contributed by atoms with Crippen molar-refractivity contribution in [2.75, 3.05) is 7.11 Å². The van der Waals surface area contributed by atoms with Crippen LogP contribution in [0.4, 0.5) is 0 Å². The maximum absolute atomic E-state index is 11.0. The number of carbonyl (C=O) groups is 1. The molecule has 1 N–H and O–H groups in total. The molecular weight excluding hydrogens is 248 g/mol. The fraction of sp³-hybridized carbons (Fsp3) is 0.333. The highest BCUT2D eigenvalue weighted by Crippen LogP contribution is 2.11. The average Bonchev–Trinajstić information content (AvgIpc) is 2.82. The van der Waals surface area contributed by atoms with Gasteiger partial charge in [-0.25, -0.2) is 14.5 Å². The third kappa shape index (κ3) is 2.70. The highest BCUT2D eigenvalue weighted by molar-refractivity contribution is 5.86. The summed E-state index contributed by atoms with van der Waals surface area (Å²) < 4.78 is 6.59. The van der Waals surface area contributed by atoms with Gasteiger partial charge in [0.05, 0.1) is 25.0 Å². The van der Waals surface area contributed by atoms with Crippen LogP contribution in [0.1, 0.15) is 28.8 Å². The van der Waals surface area contributed by atoms with Crippen LogP contribution in [0.5, 0.6) is 5.88 Å².